The van der Waals surface area contributed by atoms with E-state index in [0.717, 1.165) is 24.8 Å². The van der Waals surface area contributed by atoms with Crippen molar-refractivity contribution in [1.29, 1.82) is 0 Å². The fourth-order valence-corrected chi connectivity index (χ4v) is 3.82. The zero-order valence-corrected chi connectivity index (χ0v) is 20.6. The Balaban J connectivity index is 1.57. The summed E-state index contributed by atoms with van der Waals surface area (Å²) in [6.45, 7) is 6.47. The summed E-state index contributed by atoms with van der Waals surface area (Å²) < 4.78 is 10.5. The Labute approximate surface area is 207 Å². The van der Waals surface area contributed by atoms with E-state index in [-0.39, 0.29) is 12.2 Å². The zero-order chi connectivity index (χ0) is 25.2. The summed E-state index contributed by atoms with van der Waals surface area (Å²) in [7, 11) is 0. The molecule has 182 valence electrons. The van der Waals surface area contributed by atoms with Crippen LogP contribution in [0.3, 0.4) is 0 Å². The average Bonchev–Trinajstić information content (AvgIpc) is 2.85. The number of hydrogen-bond donors (Lipinski definition) is 0. The second kappa shape index (κ2) is 12.7. The molecule has 3 rings (SSSR count). The number of aryl methyl sites for hydroxylation is 1. The van der Waals surface area contributed by atoms with Crippen LogP contribution in [0.1, 0.15) is 75.0 Å². The highest BCUT2D eigenvalue weighted by molar-refractivity contribution is 6.03. The summed E-state index contributed by atoms with van der Waals surface area (Å²) in [6, 6.07) is 21.3. The van der Waals surface area contributed by atoms with Gasteiger partial charge < -0.3 is 9.47 Å². The van der Waals surface area contributed by atoms with Gasteiger partial charge in [0.05, 0.1) is 23.3 Å². The molecule has 0 aliphatic heterocycles. The van der Waals surface area contributed by atoms with Gasteiger partial charge in [-0.3, -0.25) is 0 Å². The Bertz CT molecular complexity index is 1140. The minimum absolute atomic E-state index is 0.102. The highest BCUT2D eigenvalue weighted by Crippen LogP contribution is 2.15. The molecule has 0 aliphatic rings. The molecule has 0 radical (unpaired) electrons. The Morgan fingerprint density at radius 3 is 1.94 bits per heavy atom. The van der Waals surface area contributed by atoms with Crippen molar-refractivity contribution in [3.05, 3.63) is 106 Å². The van der Waals surface area contributed by atoms with E-state index in [9.17, 15) is 14.4 Å². The number of esters is 3. The minimum Gasteiger partial charge on any atom is -0.462 e. The lowest BCUT2D eigenvalue weighted by Crippen LogP contribution is -2.16. The van der Waals surface area contributed by atoms with Crippen molar-refractivity contribution >= 4 is 17.9 Å². The SMILES string of the molecule is CCCc1ccc(C(=O)OCCc2ccccc2C(=O)OC(=O)c2ccc(CC(C)C)cc2)cc1. The van der Waals surface area contributed by atoms with Crippen molar-refractivity contribution in [1.82, 2.24) is 0 Å². The molecular formula is C30H32O5. The zero-order valence-electron chi connectivity index (χ0n) is 20.6. The predicted molar refractivity (Wildman–Crippen MR) is 136 cm³/mol. The maximum absolute atomic E-state index is 12.7. The smallest absolute Gasteiger partial charge is 0.346 e. The Morgan fingerprint density at radius 2 is 1.31 bits per heavy atom. The van der Waals surface area contributed by atoms with Gasteiger partial charge in [0, 0.05) is 6.42 Å². The van der Waals surface area contributed by atoms with Crippen LogP contribution < -0.4 is 0 Å². The standard InChI is InChI=1S/C30H32O5/c1-4-7-22-10-14-25(15-11-22)28(31)34-19-18-24-8-5-6-9-27(24)30(33)35-29(32)26-16-12-23(13-17-26)20-21(2)3/h5-6,8-17,21H,4,7,18-20H2,1-3H3. The van der Waals surface area contributed by atoms with Gasteiger partial charge in [0.1, 0.15) is 0 Å². The molecule has 0 heterocycles. The third-order valence-electron chi connectivity index (χ3n) is 5.59. The molecule has 5 heteroatoms. The van der Waals surface area contributed by atoms with Crippen molar-refractivity contribution in [2.45, 2.75) is 46.5 Å². The summed E-state index contributed by atoms with van der Waals surface area (Å²) in [6.07, 6.45) is 3.25. The first kappa shape index (κ1) is 25.9. The molecule has 0 atom stereocenters. The van der Waals surface area contributed by atoms with Gasteiger partial charge in [0.25, 0.3) is 0 Å². The van der Waals surface area contributed by atoms with Crippen molar-refractivity contribution in [2.75, 3.05) is 6.61 Å². The molecule has 0 N–H and O–H groups in total. The van der Waals surface area contributed by atoms with Crippen molar-refractivity contribution in [3.63, 3.8) is 0 Å². The van der Waals surface area contributed by atoms with E-state index < -0.39 is 17.9 Å². The van der Waals surface area contributed by atoms with Crippen LogP contribution in [0.15, 0.2) is 72.8 Å². The first-order chi connectivity index (χ1) is 16.9. The highest BCUT2D eigenvalue weighted by atomic mass is 16.6. The topological polar surface area (TPSA) is 69.7 Å². The van der Waals surface area contributed by atoms with Crippen LogP contribution in [-0.2, 0) is 28.7 Å². The molecule has 0 aromatic heterocycles. The summed E-state index contributed by atoms with van der Waals surface area (Å²) in [5.41, 5.74) is 4.03. The third kappa shape index (κ3) is 7.64. The van der Waals surface area contributed by atoms with E-state index in [4.69, 9.17) is 9.47 Å². The Morgan fingerprint density at radius 1 is 0.714 bits per heavy atom. The molecule has 5 nitrogen and oxygen atoms in total. The lowest BCUT2D eigenvalue weighted by Gasteiger charge is -2.10. The minimum atomic E-state index is -0.727. The molecule has 0 spiro atoms. The maximum atomic E-state index is 12.7. The number of hydrogen-bond acceptors (Lipinski definition) is 5. The van der Waals surface area contributed by atoms with Crippen molar-refractivity contribution < 1.29 is 23.9 Å². The predicted octanol–water partition coefficient (Wildman–Crippen LogP) is 6.23. The lowest BCUT2D eigenvalue weighted by atomic mass is 10.0. The largest absolute Gasteiger partial charge is 0.462 e. The van der Waals surface area contributed by atoms with Crippen LogP contribution in [-0.4, -0.2) is 24.5 Å². The molecule has 35 heavy (non-hydrogen) atoms. The van der Waals surface area contributed by atoms with E-state index in [1.54, 1.807) is 48.5 Å². The molecule has 3 aromatic rings. The second-order valence-corrected chi connectivity index (χ2v) is 8.96. The van der Waals surface area contributed by atoms with E-state index in [2.05, 4.69) is 20.8 Å². The van der Waals surface area contributed by atoms with Gasteiger partial charge in [-0.25, -0.2) is 14.4 Å². The number of ether oxygens (including phenoxy) is 2. The number of rotatable bonds is 10. The second-order valence-electron chi connectivity index (χ2n) is 8.96. The van der Waals surface area contributed by atoms with Gasteiger partial charge in [0.15, 0.2) is 0 Å². The van der Waals surface area contributed by atoms with Crippen LogP contribution in [0.25, 0.3) is 0 Å². The summed E-state index contributed by atoms with van der Waals surface area (Å²) in [5, 5.41) is 0. The van der Waals surface area contributed by atoms with Gasteiger partial charge in [-0.2, -0.15) is 0 Å². The van der Waals surface area contributed by atoms with Gasteiger partial charge >= 0.3 is 17.9 Å². The van der Waals surface area contributed by atoms with Gasteiger partial charge in [-0.1, -0.05) is 69.7 Å². The van der Waals surface area contributed by atoms with Gasteiger partial charge in [-0.05, 0) is 65.8 Å². The van der Waals surface area contributed by atoms with Crippen molar-refractivity contribution in [3.8, 4) is 0 Å². The van der Waals surface area contributed by atoms with Gasteiger partial charge in [-0.15, -0.1) is 0 Å². The molecule has 0 amide bonds. The van der Waals surface area contributed by atoms with Crippen LogP contribution >= 0.6 is 0 Å². The Kier molecular flexibility index (Phi) is 9.36. The molecule has 0 saturated carbocycles. The van der Waals surface area contributed by atoms with Gasteiger partial charge in [0.2, 0.25) is 0 Å². The van der Waals surface area contributed by atoms with Crippen LogP contribution in [0.4, 0.5) is 0 Å². The average molecular weight is 473 g/mol. The molecule has 0 unspecified atom stereocenters. The van der Waals surface area contributed by atoms with E-state index in [1.165, 1.54) is 5.56 Å². The number of benzene rings is 3. The van der Waals surface area contributed by atoms with E-state index >= 15 is 0 Å². The first-order valence-corrected chi connectivity index (χ1v) is 12.1. The number of carbonyl (C=O) groups excluding carboxylic acids is 3. The lowest BCUT2D eigenvalue weighted by molar-refractivity contribution is 0.0397. The molecule has 0 aliphatic carbocycles. The highest BCUT2D eigenvalue weighted by Gasteiger charge is 2.18. The molecule has 0 saturated heterocycles. The third-order valence-corrected chi connectivity index (χ3v) is 5.59. The summed E-state index contributed by atoms with van der Waals surface area (Å²) >= 11 is 0. The van der Waals surface area contributed by atoms with Crippen molar-refractivity contribution in [2.24, 2.45) is 5.92 Å². The van der Waals surface area contributed by atoms with Crippen LogP contribution in [0, 0.1) is 5.92 Å². The quantitative estimate of drug-likeness (QED) is 0.258. The summed E-state index contributed by atoms with van der Waals surface area (Å²) in [5.74, 6) is -1.32. The van der Waals surface area contributed by atoms with E-state index in [0.29, 0.717) is 29.0 Å². The van der Waals surface area contributed by atoms with Crippen LogP contribution in [0.2, 0.25) is 0 Å². The molecule has 3 aromatic carbocycles. The normalized spacial score (nSPS) is 10.7. The molecular weight excluding hydrogens is 440 g/mol. The molecule has 0 fully saturated rings. The first-order valence-electron chi connectivity index (χ1n) is 12.1. The molecule has 0 bridgehead atoms. The fraction of sp³-hybridized carbons (Fsp3) is 0.300. The summed E-state index contributed by atoms with van der Waals surface area (Å²) in [4.78, 5) is 37.6. The fourth-order valence-electron chi connectivity index (χ4n) is 3.82. The monoisotopic (exact) mass is 472 g/mol. The van der Waals surface area contributed by atoms with Crippen LogP contribution in [0.5, 0.6) is 0 Å². The van der Waals surface area contributed by atoms with E-state index in [1.807, 2.05) is 24.3 Å². The Hall–Kier alpha value is -3.73. The maximum Gasteiger partial charge on any atom is 0.346 e. The number of carbonyl (C=O) groups is 3.